The fraction of sp³-hybridized carbons (Fsp3) is 0.278. The molecule has 0 radical (unpaired) electrons. The summed E-state index contributed by atoms with van der Waals surface area (Å²) in [6, 6.07) is 5.72. The maximum atomic E-state index is 12.8. The highest BCUT2D eigenvalue weighted by atomic mass is 32.1. The van der Waals surface area contributed by atoms with Crippen LogP contribution in [0.3, 0.4) is 0 Å². The van der Waals surface area contributed by atoms with E-state index in [2.05, 4.69) is 25.1 Å². The van der Waals surface area contributed by atoms with Gasteiger partial charge >= 0.3 is 0 Å². The Morgan fingerprint density at radius 3 is 2.93 bits per heavy atom. The largest absolute Gasteiger partial charge is 0.338 e. The zero-order chi connectivity index (χ0) is 18.9. The molecule has 9 nitrogen and oxygen atoms in total. The quantitative estimate of drug-likeness (QED) is 0.520. The van der Waals surface area contributed by atoms with E-state index in [1.165, 1.54) is 0 Å². The van der Waals surface area contributed by atoms with Gasteiger partial charge in [-0.3, -0.25) is 9.69 Å². The van der Waals surface area contributed by atoms with Crippen molar-refractivity contribution >= 4 is 22.9 Å². The van der Waals surface area contributed by atoms with Crippen LogP contribution >= 0.6 is 11.3 Å². The molecule has 0 aromatic carbocycles. The van der Waals surface area contributed by atoms with Crippen LogP contribution in [0, 0.1) is 0 Å². The van der Waals surface area contributed by atoms with Crippen molar-refractivity contribution in [1.29, 1.82) is 0 Å². The zero-order valence-corrected chi connectivity index (χ0v) is 15.7. The van der Waals surface area contributed by atoms with Crippen molar-refractivity contribution in [3.05, 3.63) is 53.6 Å². The van der Waals surface area contributed by atoms with Crippen LogP contribution in [0.2, 0.25) is 0 Å². The molecule has 0 spiro atoms. The van der Waals surface area contributed by atoms with E-state index in [1.54, 1.807) is 40.5 Å². The Labute approximate surface area is 164 Å². The number of fused-ring (bicyclic) bond motifs is 1. The minimum Gasteiger partial charge on any atom is -0.338 e. The number of carbonyl (C=O) groups is 1. The van der Waals surface area contributed by atoms with Crippen LogP contribution < -0.4 is 0 Å². The van der Waals surface area contributed by atoms with E-state index in [0.29, 0.717) is 42.6 Å². The van der Waals surface area contributed by atoms with E-state index < -0.39 is 0 Å². The average Bonchev–Trinajstić information content (AvgIpc) is 3.48. The summed E-state index contributed by atoms with van der Waals surface area (Å²) in [4.78, 5) is 26.6. The monoisotopic (exact) mass is 395 g/mol. The Balaban J connectivity index is 1.21. The molecule has 0 unspecified atom stereocenters. The Morgan fingerprint density at radius 1 is 1.21 bits per heavy atom. The van der Waals surface area contributed by atoms with Gasteiger partial charge in [-0.1, -0.05) is 11.2 Å². The van der Waals surface area contributed by atoms with Crippen molar-refractivity contribution in [2.45, 2.75) is 6.54 Å². The van der Waals surface area contributed by atoms with Gasteiger partial charge in [-0.15, -0.1) is 11.3 Å². The van der Waals surface area contributed by atoms with Gasteiger partial charge in [-0.2, -0.15) is 10.1 Å². The molecule has 1 saturated heterocycles. The first kappa shape index (κ1) is 17.0. The van der Waals surface area contributed by atoms with Crippen molar-refractivity contribution in [1.82, 2.24) is 34.5 Å². The van der Waals surface area contributed by atoms with Gasteiger partial charge in [0, 0.05) is 38.6 Å². The predicted molar refractivity (Wildman–Crippen MR) is 102 cm³/mol. The highest BCUT2D eigenvalue weighted by Gasteiger charge is 2.25. The second-order valence-electron chi connectivity index (χ2n) is 6.50. The van der Waals surface area contributed by atoms with Crippen LogP contribution in [0.25, 0.3) is 16.3 Å². The smallest absolute Gasteiger partial charge is 0.259 e. The number of piperazine rings is 1. The maximum Gasteiger partial charge on any atom is 0.259 e. The van der Waals surface area contributed by atoms with Gasteiger partial charge < -0.3 is 9.42 Å². The molecule has 1 amide bonds. The number of hydrogen-bond donors (Lipinski definition) is 0. The molecule has 4 aromatic heterocycles. The van der Waals surface area contributed by atoms with E-state index in [4.69, 9.17) is 4.52 Å². The molecule has 1 aliphatic heterocycles. The van der Waals surface area contributed by atoms with E-state index >= 15 is 0 Å². The van der Waals surface area contributed by atoms with Gasteiger partial charge in [-0.25, -0.2) is 9.50 Å². The molecular formula is C18H17N7O2S. The van der Waals surface area contributed by atoms with Crippen LogP contribution in [0.4, 0.5) is 0 Å². The van der Waals surface area contributed by atoms with Gasteiger partial charge in [0.1, 0.15) is 5.56 Å². The first-order chi connectivity index (χ1) is 13.8. The van der Waals surface area contributed by atoms with Crippen LogP contribution in [-0.4, -0.2) is 66.6 Å². The molecular weight excluding hydrogens is 378 g/mol. The average molecular weight is 395 g/mol. The lowest BCUT2D eigenvalue weighted by Crippen LogP contribution is -2.48. The summed E-state index contributed by atoms with van der Waals surface area (Å²) in [6.45, 7) is 3.34. The number of rotatable bonds is 4. The van der Waals surface area contributed by atoms with Crippen molar-refractivity contribution in [2.75, 3.05) is 26.2 Å². The Morgan fingerprint density at radius 2 is 2.11 bits per heavy atom. The van der Waals surface area contributed by atoms with Crippen molar-refractivity contribution in [3.8, 4) is 10.7 Å². The number of nitrogens with zero attached hydrogens (tertiary/aromatic N) is 7. The molecule has 10 heteroatoms. The second kappa shape index (κ2) is 7.13. The van der Waals surface area contributed by atoms with Gasteiger partial charge in [0.2, 0.25) is 11.7 Å². The fourth-order valence-electron chi connectivity index (χ4n) is 3.27. The number of hydrogen-bond acceptors (Lipinski definition) is 8. The molecule has 5 heterocycles. The zero-order valence-electron chi connectivity index (χ0n) is 14.9. The lowest BCUT2D eigenvalue weighted by Gasteiger charge is -2.33. The topological polar surface area (TPSA) is 92.7 Å². The van der Waals surface area contributed by atoms with E-state index in [9.17, 15) is 4.79 Å². The second-order valence-corrected chi connectivity index (χ2v) is 7.45. The molecule has 142 valence electrons. The highest BCUT2D eigenvalue weighted by Crippen LogP contribution is 2.22. The van der Waals surface area contributed by atoms with Gasteiger partial charge in [0.05, 0.1) is 17.6 Å². The maximum absolute atomic E-state index is 12.8. The first-order valence-corrected chi connectivity index (χ1v) is 9.82. The van der Waals surface area contributed by atoms with E-state index in [1.807, 2.05) is 22.4 Å². The third-order valence-electron chi connectivity index (χ3n) is 4.74. The first-order valence-electron chi connectivity index (χ1n) is 8.94. The third-order valence-corrected chi connectivity index (χ3v) is 5.60. The molecule has 1 aliphatic rings. The minimum atomic E-state index is -0.0360. The molecule has 1 fully saturated rings. The lowest BCUT2D eigenvalue weighted by atomic mass is 10.2. The number of aromatic nitrogens is 5. The lowest BCUT2D eigenvalue weighted by molar-refractivity contribution is 0.0616. The number of amides is 1. The van der Waals surface area contributed by atoms with E-state index in [0.717, 1.165) is 18.0 Å². The van der Waals surface area contributed by atoms with Gasteiger partial charge in [-0.05, 0) is 17.5 Å². The van der Waals surface area contributed by atoms with Crippen LogP contribution in [0.1, 0.15) is 16.2 Å². The molecule has 0 saturated carbocycles. The highest BCUT2D eigenvalue weighted by molar-refractivity contribution is 7.13. The molecule has 0 N–H and O–H groups in total. The van der Waals surface area contributed by atoms with E-state index in [-0.39, 0.29) is 5.91 Å². The number of carbonyl (C=O) groups excluding carboxylic acids is 1. The number of thiophene rings is 1. The molecule has 0 atom stereocenters. The SMILES string of the molecule is O=C(c1cnn2cccnc12)N1CCN(Cc2nc(-c3cccs3)no2)CC1. The van der Waals surface area contributed by atoms with Crippen LogP contribution in [0.15, 0.2) is 46.7 Å². The normalized spacial score (nSPS) is 15.4. The van der Waals surface area contributed by atoms with Gasteiger partial charge in [0.25, 0.3) is 5.91 Å². The predicted octanol–water partition coefficient (Wildman–Crippen LogP) is 1.80. The Kier molecular flexibility index (Phi) is 4.34. The van der Waals surface area contributed by atoms with Crippen LogP contribution in [0.5, 0.6) is 0 Å². The van der Waals surface area contributed by atoms with Crippen molar-refractivity contribution in [3.63, 3.8) is 0 Å². The fourth-order valence-corrected chi connectivity index (χ4v) is 3.92. The van der Waals surface area contributed by atoms with Crippen molar-refractivity contribution in [2.24, 2.45) is 0 Å². The Hall–Kier alpha value is -3.11. The molecule has 0 aliphatic carbocycles. The van der Waals surface area contributed by atoms with Crippen molar-refractivity contribution < 1.29 is 9.32 Å². The summed E-state index contributed by atoms with van der Waals surface area (Å²) < 4.78 is 6.99. The molecule has 4 aromatic rings. The molecule has 5 rings (SSSR count). The standard InChI is InChI=1S/C18H17N7O2S/c26-18(13-11-20-25-5-2-4-19-17(13)25)24-8-6-23(7-9-24)12-15-21-16(22-27-15)14-3-1-10-28-14/h1-5,10-11H,6-9,12H2. The van der Waals surface area contributed by atoms with Gasteiger partial charge in [0.15, 0.2) is 5.65 Å². The molecule has 0 bridgehead atoms. The summed E-state index contributed by atoms with van der Waals surface area (Å²) in [6.07, 6.45) is 5.04. The van der Waals surface area contributed by atoms with Crippen LogP contribution in [-0.2, 0) is 6.54 Å². The third kappa shape index (κ3) is 3.16. The Bertz CT molecular complexity index is 1100. The summed E-state index contributed by atoms with van der Waals surface area (Å²) >= 11 is 1.58. The summed E-state index contributed by atoms with van der Waals surface area (Å²) in [5.74, 6) is 1.18. The summed E-state index contributed by atoms with van der Waals surface area (Å²) in [5, 5.41) is 10.2. The molecule has 28 heavy (non-hydrogen) atoms. The summed E-state index contributed by atoms with van der Waals surface area (Å²) in [5.41, 5.74) is 1.12. The minimum absolute atomic E-state index is 0.0360. The summed E-state index contributed by atoms with van der Waals surface area (Å²) in [7, 11) is 0.